The van der Waals surface area contributed by atoms with Gasteiger partial charge in [0.1, 0.15) is 19.3 Å². The summed E-state index contributed by atoms with van der Waals surface area (Å²) in [6.45, 7) is 7.94. The molecule has 4 N–H and O–H groups in total. The fraction of sp³-hybridized carbons (Fsp3) is 0.366. The Labute approximate surface area is 305 Å². The average Bonchev–Trinajstić information content (AvgIpc) is 3.48. The van der Waals surface area contributed by atoms with Crippen LogP contribution in [0.5, 0.6) is 0 Å². The maximum atomic E-state index is 13.5. The number of rotatable bonds is 22. The first-order chi connectivity index (χ1) is 25.3. The minimum atomic E-state index is -1.01. The van der Waals surface area contributed by atoms with Crippen molar-refractivity contribution in [1.82, 2.24) is 16.0 Å². The highest BCUT2D eigenvalue weighted by Gasteiger charge is 2.31. The van der Waals surface area contributed by atoms with Gasteiger partial charge in [0.05, 0.1) is 31.8 Å². The molecule has 0 bridgehead atoms. The molecule has 0 saturated carbocycles. The smallest absolute Gasteiger partial charge is 0.407 e. The Morgan fingerprint density at radius 3 is 2.15 bits per heavy atom. The Kier molecular flexibility index (Phi) is 16.1. The molecule has 3 amide bonds. The van der Waals surface area contributed by atoms with Crippen LogP contribution in [0.25, 0.3) is 11.1 Å². The number of carbonyl (C=O) groups excluding carboxylic acids is 4. The van der Waals surface area contributed by atoms with Crippen LogP contribution in [0.4, 0.5) is 4.79 Å². The van der Waals surface area contributed by atoms with E-state index in [2.05, 4.69) is 41.2 Å². The number of nitrogens with one attached hydrogen (secondary N) is 3. The third-order valence-electron chi connectivity index (χ3n) is 8.74. The summed E-state index contributed by atoms with van der Waals surface area (Å²) in [5, 5.41) is 17.2. The maximum absolute atomic E-state index is 13.5. The largest absolute Gasteiger partial charge is 0.462 e. The number of benzene rings is 3. The second kappa shape index (κ2) is 21.2. The quantitative estimate of drug-likeness (QED) is 0.0657. The summed E-state index contributed by atoms with van der Waals surface area (Å²) >= 11 is 0. The van der Waals surface area contributed by atoms with E-state index < -0.39 is 30.1 Å². The predicted molar refractivity (Wildman–Crippen MR) is 198 cm³/mol. The molecule has 1 aliphatic carbocycles. The van der Waals surface area contributed by atoms with Gasteiger partial charge in [0.2, 0.25) is 11.8 Å². The number of aliphatic hydroxyl groups is 1. The molecular formula is C41H49N3O8. The fourth-order valence-electron chi connectivity index (χ4n) is 6.18. The minimum absolute atomic E-state index is 0.0800. The van der Waals surface area contributed by atoms with Crippen LogP contribution < -0.4 is 16.0 Å². The van der Waals surface area contributed by atoms with Gasteiger partial charge in [-0.3, -0.25) is 9.59 Å². The number of amides is 3. The highest BCUT2D eigenvalue weighted by atomic mass is 16.6. The molecule has 3 aromatic rings. The van der Waals surface area contributed by atoms with Gasteiger partial charge in [-0.1, -0.05) is 91.0 Å². The molecular weight excluding hydrogens is 662 g/mol. The molecule has 0 spiro atoms. The van der Waals surface area contributed by atoms with Crippen molar-refractivity contribution < 1.29 is 38.5 Å². The number of fused-ring (bicyclic) bond motifs is 3. The van der Waals surface area contributed by atoms with E-state index in [0.717, 1.165) is 27.8 Å². The lowest BCUT2D eigenvalue weighted by atomic mass is 9.98. The normalized spacial score (nSPS) is 13.4. The van der Waals surface area contributed by atoms with Crippen LogP contribution in [0.1, 0.15) is 48.3 Å². The molecule has 3 aromatic carbocycles. The molecule has 0 radical (unpaired) electrons. The summed E-state index contributed by atoms with van der Waals surface area (Å²) < 4.78 is 16.6. The summed E-state index contributed by atoms with van der Waals surface area (Å²) in [5.41, 5.74) is 5.27. The lowest BCUT2D eigenvalue weighted by Gasteiger charge is -2.24. The summed E-state index contributed by atoms with van der Waals surface area (Å²) in [7, 11) is 0. The Bertz CT molecular complexity index is 1600. The lowest BCUT2D eigenvalue weighted by Crippen LogP contribution is -2.47. The third-order valence-corrected chi connectivity index (χ3v) is 8.74. The number of allylic oxidation sites excluding steroid dienone is 2. The highest BCUT2D eigenvalue weighted by Crippen LogP contribution is 2.44. The molecule has 1 aliphatic rings. The zero-order valence-electron chi connectivity index (χ0n) is 29.5. The summed E-state index contributed by atoms with van der Waals surface area (Å²) in [6.07, 6.45) is 3.69. The minimum Gasteiger partial charge on any atom is -0.462 e. The first kappa shape index (κ1) is 39.5. The number of alkyl carbamates (subject to hydrolysis) is 1. The van der Waals surface area contributed by atoms with Crippen molar-refractivity contribution >= 4 is 23.9 Å². The van der Waals surface area contributed by atoms with Crippen molar-refractivity contribution in [1.29, 1.82) is 0 Å². The number of carbonyl (C=O) groups is 4. The van der Waals surface area contributed by atoms with Gasteiger partial charge in [-0.05, 0) is 53.5 Å². The molecule has 3 unspecified atom stereocenters. The third kappa shape index (κ3) is 11.9. The zero-order chi connectivity index (χ0) is 37.1. The van der Waals surface area contributed by atoms with Crippen LogP contribution in [-0.2, 0) is 35.0 Å². The molecule has 3 atom stereocenters. The molecule has 0 aromatic heterocycles. The van der Waals surface area contributed by atoms with Crippen molar-refractivity contribution in [2.45, 2.75) is 50.1 Å². The number of ether oxygens (including phenoxy) is 3. The topological polar surface area (TPSA) is 152 Å². The number of hydrogen-bond donors (Lipinski definition) is 4. The van der Waals surface area contributed by atoms with Gasteiger partial charge in [-0.25, -0.2) is 9.59 Å². The fourth-order valence-corrected chi connectivity index (χ4v) is 6.18. The van der Waals surface area contributed by atoms with Crippen LogP contribution in [0.15, 0.2) is 104 Å². The van der Waals surface area contributed by atoms with E-state index in [1.54, 1.807) is 12.2 Å². The molecule has 11 nitrogen and oxygen atoms in total. The van der Waals surface area contributed by atoms with Crippen molar-refractivity contribution in [2.75, 3.05) is 39.6 Å². The molecule has 0 aliphatic heterocycles. The van der Waals surface area contributed by atoms with Gasteiger partial charge in [-0.15, -0.1) is 13.2 Å². The Morgan fingerprint density at radius 2 is 1.50 bits per heavy atom. The van der Waals surface area contributed by atoms with Crippen LogP contribution in [0.3, 0.4) is 0 Å². The van der Waals surface area contributed by atoms with Crippen LogP contribution >= 0.6 is 0 Å². The van der Waals surface area contributed by atoms with E-state index in [4.69, 9.17) is 19.3 Å². The Hall–Kier alpha value is -5.26. The second-order valence-corrected chi connectivity index (χ2v) is 12.5. The van der Waals surface area contributed by atoms with Crippen LogP contribution in [0, 0.1) is 5.92 Å². The number of hydrogen-bond acceptors (Lipinski definition) is 8. The first-order valence-corrected chi connectivity index (χ1v) is 17.6. The molecule has 276 valence electrons. The Balaban J connectivity index is 1.37. The molecule has 0 heterocycles. The van der Waals surface area contributed by atoms with E-state index in [9.17, 15) is 19.2 Å². The van der Waals surface area contributed by atoms with Crippen molar-refractivity contribution in [3.8, 4) is 11.1 Å². The molecule has 0 saturated heterocycles. The van der Waals surface area contributed by atoms with Gasteiger partial charge in [0, 0.05) is 18.9 Å². The van der Waals surface area contributed by atoms with Crippen molar-refractivity contribution in [2.24, 2.45) is 5.92 Å². The summed E-state index contributed by atoms with van der Waals surface area (Å²) in [4.78, 5) is 52.6. The summed E-state index contributed by atoms with van der Waals surface area (Å²) in [5.74, 6) is -2.23. The molecule has 4 rings (SSSR count). The van der Waals surface area contributed by atoms with Crippen LogP contribution in [0.2, 0.25) is 0 Å². The number of esters is 1. The standard InChI is InChI=1S/C41H49N3O8/c1-3-5-20-37(44-41(49)52-28-36-34-18-11-9-16-32(34)33-17-10-12-19-35(33)36)40(48)51-27-31(25-29-14-7-6-8-15-29)43-39(47)30(13-4-2)26-38(46)42-21-23-50-24-22-45/h3-4,6-12,14-19,30-31,36-37,45H,1-2,5,13,20-28H2,(H,42,46)(H,43,47)(H,44,49). The number of aliphatic hydroxyl groups excluding tert-OH is 1. The molecule has 52 heavy (non-hydrogen) atoms. The molecule has 11 heteroatoms. The average molecular weight is 712 g/mol. The SMILES string of the molecule is C=CCCC(NC(=O)OCC1c2ccccc2-c2ccccc21)C(=O)OCC(Cc1ccccc1)NC(=O)C(CC=C)CC(=O)NCCOCCO. The van der Waals surface area contributed by atoms with E-state index in [1.807, 2.05) is 66.7 Å². The summed E-state index contributed by atoms with van der Waals surface area (Å²) in [6, 6.07) is 23.8. The van der Waals surface area contributed by atoms with Gasteiger partial charge < -0.3 is 35.3 Å². The van der Waals surface area contributed by atoms with E-state index in [1.165, 1.54) is 0 Å². The second-order valence-electron chi connectivity index (χ2n) is 12.5. The Morgan fingerprint density at radius 1 is 0.827 bits per heavy atom. The highest BCUT2D eigenvalue weighted by molar-refractivity contribution is 5.86. The maximum Gasteiger partial charge on any atom is 0.407 e. The monoisotopic (exact) mass is 711 g/mol. The van der Waals surface area contributed by atoms with E-state index >= 15 is 0 Å². The molecule has 0 fully saturated rings. The van der Waals surface area contributed by atoms with Gasteiger partial charge in [-0.2, -0.15) is 0 Å². The zero-order valence-corrected chi connectivity index (χ0v) is 29.5. The van der Waals surface area contributed by atoms with Gasteiger partial charge >= 0.3 is 12.1 Å². The van der Waals surface area contributed by atoms with Crippen molar-refractivity contribution in [3.63, 3.8) is 0 Å². The predicted octanol–water partition coefficient (Wildman–Crippen LogP) is 4.84. The van der Waals surface area contributed by atoms with E-state index in [-0.39, 0.29) is 76.6 Å². The van der Waals surface area contributed by atoms with Gasteiger partial charge in [0.25, 0.3) is 0 Å². The van der Waals surface area contributed by atoms with Crippen molar-refractivity contribution in [3.05, 3.63) is 121 Å². The van der Waals surface area contributed by atoms with Gasteiger partial charge in [0.15, 0.2) is 0 Å². The van der Waals surface area contributed by atoms with Crippen LogP contribution in [-0.4, -0.2) is 80.6 Å². The first-order valence-electron chi connectivity index (χ1n) is 17.6. The lowest BCUT2D eigenvalue weighted by molar-refractivity contribution is -0.147. The van der Waals surface area contributed by atoms with E-state index in [0.29, 0.717) is 12.8 Å².